The number of furan rings is 1. The summed E-state index contributed by atoms with van der Waals surface area (Å²) < 4.78 is 12.1. The zero-order chi connectivity index (χ0) is 22.3. The lowest BCUT2D eigenvalue weighted by atomic mass is 10.2. The fourth-order valence-corrected chi connectivity index (χ4v) is 3.30. The Morgan fingerprint density at radius 3 is 2.62 bits per heavy atom. The van der Waals surface area contributed by atoms with Crippen LogP contribution in [0.3, 0.4) is 0 Å². The van der Waals surface area contributed by atoms with Crippen LogP contribution in [0.4, 0.5) is 5.69 Å². The molecular weight excluding hydrogens is 474 g/mol. The third kappa shape index (κ3) is 5.41. The molecule has 0 aliphatic heterocycles. The first-order valence-corrected chi connectivity index (χ1v) is 10.5. The fourth-order valence-electron chi connectivity index (χ4n) is 2.92. The van der Waals surface area contributed by atoms with Gasteiger partial charge in [0.2, 0.25) is 0 Å². The summed E-state index contributed by atoms with van der Waals surface area (Å²) in [7, 11) is 0. The van der Waals surface area contributed by atoms with Gasteiger partial charge in [0.25, 0.3) is 5.91 Å². The normalized spacial score (nSPS) is 10.9. The van der Waals surface area contributed by atoms with Gasteiger partial charge in [-0.25, -0.2) is 5.43 Å². The average Bonchev–Trinajstić information content (AvgIpc) is 3.22. The highest BCUT2D eigenvalue weighted by atomic mass is 79.9. The van der Waals surface area contributed by atoms with E-state index in [1.54, 1.807) is 48.5 Å². The molecule has 0 saturated carbocycles. The van der Waals surface area contributed by atoms with Gasteiger partial charge in [-0.15, -0.1) is 0 Å². The number of hydrogen-bond acceptors (Lipinski definition) is 5. The summed E-state index contributed by atoms with van der Waals surface area (Å²) in [5, 5.41) is 7.55. The van der Waals surface area contributed by atoms with Crippen molar-refractivity contribution in [3.63, 3.8) is 0 Å². The third-order valence-corrected chi connectivity index (χ3v) is 4.90. The minimum absolute atomic E-state index is 0.150. The number of para-hydroxylation sites is 2. The Labute approximate surface area is 192 Å². The predicted molar refractivity (Wildman–Crippen MR) is 126 cm³/mol. The Morgan fingerprint density at radius 1 is 1.00 bits per heavy atom. The second-order valence-corrected chi connectivity index (χ2v) is 7.65. The summed E-state index contributed by atoms with van der Waals surface area (Å²) in [4.78, 5) is 24.5. The first-order chi connectivity index (χ1) is 15.6. The molecule has 8 heteroatoms. The number of hydrazone groups is 1. The van der Waals surface area contributed by atoms with Crippen LogP contribution in [0.1, 0.15) is 16.1 Å². The van der Waals surface area contributed by atoms with Gasteiger partial charge in [0.1, 0.15) is 11.3 Å². The number of nitrogens with zero attached hydrogens (tertiary/aromatic N) is 1. The molecule has 0 spiro atoms. The number of benzene rings is 3. The second kappa shape index (κ2) is 9.93. The zero-order valence-electron chi connectivity index (χ0n) is 16.7. The molecule has 1 aromatic heterocycles. The van der Waals surface area contributed by atoms with E-state index >= 15 is 0 Å². The minimum Gasteiger partial charge on any atom is -0.483 e. The molecule has 1 heterocycles. The van der Waals surface area contributed by atoms with E-state index in [0.717, 1.165) is 9.86 Å². The monoisotopic (exact) mass is 491 g/mol. The van der Waals surface area contributed by atoms with Crippen molar-refractivity contribution in [1.29, 1.82) is 0 Å². The number of hydrogen-bond donors (Lipinski definition) is 2. The maximum Gasteiger partial charge on any atom is 0.307 e. The van der Waals surface area contributed by atoms with Crippen molar-refractivity contribution in [2.75, 3.05) is 11.9 Å². The van der Waals surface area contributed by atoms with Gasteiger partial charge in [-0.3, -0.25) is 9.59 Å². The van der Waals surface area contributed by atoms with Gasteiger partial charge in [-0.05, 0) is 48.5 Å². The number of amides is 2. The van der Waals surface area contributed by atoms with E-state index in [-0.39, 0.29) is 18.3 Å². The van der Waals surface area contributed by atoms with Gasteiger partial charge in [0.15, 0.2) is 12.4 Å². The molecule has 0 aliphatic carbocycles. The molecule has 2 amide bonds. The molecule has 4 aromatic rings. The molecule has 0 radical (unpaired) electrons. The van der Waals surface area contributed by atoms with Crippen LogP contribution in [0, 0.1) is 0 Å². The molecule has 0 aliphatic rings. The lowest BCUT2D eigenvalue weighted by Gasteiger charge is -2.09. The van der Waals surface area contributed by atoms with E-state index in [1.807, 2.05) is 30.3 Å². The van der Waals surface area contributed by atoms with Gasteiger partial charge < -0.3 is 14.5 Å². The van der Waals surface area contributed by atoms with Crippen LogP contribution in [-0.4, -0.2) is 24.6 Å². The fraction of sp³-hybridized carbons (Fsp3) is 0.0417. The van der Waals surface area contributed by atoms with Gasteiger partial charge in [-0.2, -0.15) is 5.10 Å². The maximum absolute atomic E-state index is 12.3. The molecule has 0 bridgehead atoms. The number of nitrogens with one attached hydrogen (secondary N) is 2. The number of rotatable bonds is 7. The molecule has 0 fully saturated rings. The lowest BCUT2D eigenvalue weighted by molar-refractivity contribution is -0.118. The Balaban J connectivity index is 1.36. The Hall–Kier alpha value is -3.91. The maximum atomic E-state index is 12.3. The summed E-state index contributed by atoms with van der Waals surface area (Å²) in [6, 6.07) is 23.3. The molecule has 0 atom stereocenters. The number of anilines is 1. The Kier molecular flexibility index (Phi) is 6.62. The highest BCUT2D eigenvalue weighted by molar-refractivity contribution is 9.10. The average molecular weight is 492 g/mol. The van der Waals surface area contributed by atoms with Crippen molar-refractivity contribution in [3.05, 3.63) is 94.7 Å². The quantitative estimate of drug-likeness (QED) is 0.281. The molecular formula is C24H18BrN3O4. The summed E-state index contributed by atoms with van der Waals surface area (Å²) in [6.07, 6.45) is 1.45. The SMILES string of the molecule is O=C(COc1ccccc1/C=N/NC(=O)c1cc2cc(Br)ccc2o1)Nc1ccccc1. The summed E-state index contributed by atoms with van der Waals surface area (Å²) >= 11 is 3.39. The van der Waals surface area contributed by atoms with Crippen LogP contribution in [-0.2, 0) is 4.79 Å². The van der Waals surface area contributed by atoms with Gasteiger partial charge in [0.05, 0.1) is 6.21 Å². The number of ether oxygens (including phenoxy) is 1. The standard InChI is InChI=1S/C24H18BrN3O4/c25-18-10-11-21-17(12-18)13-22(32-21)24(30)28-26-14-16-6-4-5-9-20(16)31-15-23(29)27-19-7-2-1-3-8-19/h1-14H,15H2,(H,27,29)(H,28,30)/b26-14+. The first kappa shape index (κ1) is 21.3. The van der Waals surface area contributed by atoms with Crippen molar-refractivity contribution in [2.45, 2.75) is 0 Å². The molecule has 2 N–H and O–H groups in total. The molecule has 160 valence electrons. The van der Waals surface area contributed by atoms with Gasteiger partial charge in [0, 0.05) is 21.1 Å². The van der Waals surface area contributed by atoms with Crippen LogP contribution >= 0.6 is 15.9 Å². The number of carbonyl (C=O) groups excluding carboxylic acids is 2. The summed E-state index contributed by atoms with van der Waals surface area (Å²) in [5.74, 6) is -0.151. The summed E-state index contributed by atoms with van der Waals surface area (Å²) in [6.45, 7) is -0.166. The van der Waals surface area contributed by atoms with Crippen LogP contribution in [0.15, 0.2) is 92.9 Å². The van der Waals surface area contributed by atoms with Crippen molar-refractivity contribution in [1.82, 2.24) is 5.43 Å². The molecule has 32 heavy (non-hydrogen) atoms. The largest absolute Gasteiger partial charge is 0.483 e. The van der Waals surface area contributed by atoms with Crippen LogP contribution in [0.5, 0.6) is 5.75 Å². The highest BCUT2D eigenvalue weighted by Crippen LogP contribution is 2.23. The lowest BCUT2D eigenvalue weighted by Crippen LogP contribution is -2.20. The van der Waals surface area contributed by atoms with Crippen LogP contribution < -0.4 is 15.5 Å². The third-order valence-electron chi connectivity index (χ3n) is 4.41. The number of halogens is 1. The van der Waals surface area contributed by atoms with E-state index in [0.29, 0.717) is 22.6 Å². The van der Waals surface area contributed by atoms with Crippen molar-refractivity contribution < 1.29 is 18.7 Å². The van der Waals surface area contributed by atoms with Crippen molar-refractivity contribution in [3.8, 4) is 5.75 Å². The van der Waals surface area contributed by atoms with Crippen molar-refractivity contribution in [2.24, 2.45) is 5.10 Å². The molecule has 0 saturated heterocycles. The van der Waals surface area contributed by atoms with E-state index in [2.05, 4.69) is 31.8 Å². The topological polar surface area (TPSA) is 92.9 Å². The summed E-state index contributed by atoms with van der Waals surface area (Å²) in [5.41, 5.74) is 4.34. The van der Waals surface area contributed by atoms with E-state index in [9.17, 15) is 9.59 Å². The highest BCUT2D eigenvalue weighted by Gasteiger charge is 2.12. The van der Waals surface area contributed by atoms with Gasteiger partial charge in [-0.1, -0.05) is 46.3 Å². The van der Waals surface area contributed by atoms with Crippen molar-refractivity contribution >= 4 is 50.6 Å². The van der Waals surface area contributed by atoms with E-state index in [4.69, 9.17) is 9.15 Å². The zero-order valence-corrected chi connectivity index (χ0v) is 18.3. The molecule has 7 nitrogen and oxygen atoms in total. The predicted octanol–water partition coefficient (Wildman–Crippen LogP) is 4.98. The first-order valence-electron chi connectivity index (χ1n) is 9.68. The second-order valence-electron chi connectivity index (χ2n) is 6.73. The Bertz CT molecular complexity index is 1280. The minimum atomic E-state index is -0.478. The molecule has 0 unspecified atom stereocenters. The molecule has 3 aromatic carbocycles. The van der Waals surface area contributed by atoms with Crippen LogP contribution in [0.25, 0.3) is 11.0 Å². The number of fused-ring (bicyclic) bond motifs is 1. The Morgan fingerprint density at radius 2 is 1.78 bits per heavy atom. The van der Waals surface area contributed by atoms with Crippen LogP contribution in [0.2, 0.25) is 0 Å². The molecule has 4 rings (SSSR count). The number of carbonyl (C=O) groups is 2. The van der Waals surface area contributed by atoms with E-state index in [1.165, 1.54) is 6.21 Å². The smallest absolute Gasteiger partial charge is 0.307 e. The van der Waals surface area contributed by atoms with Gasteiger partial charge >= 0.3 is 5.91 Å². The van der Waals surface area contributed by atoms with E-state index < -0.39 is 5.91 Å².